The molecule has 0 fully saturated rings. The standard InChI is InChI=1S/C27H20F2N4/c1-17-12-19(10-11-30-17)22-9-8-18(13-23(22)29)15-31-24-6-3-7-25-27(24)32-16-26(33-25)20-4-2-5-21(28)14-20/h2-14,16,31H,15H2,1H3. The molecule has 0 spiro atoms. The van der Waals surface area contributed by atoms with Crippen molar-refractivity contribution in [3.05, 3.63) is 108 Å². The van der Waals surface area contributed by atoms with Crippen LogP contribution in [0, 0.1) is 18.6 Å². The predicted octanol–water partition coefficient (Wildman–Crippen LogP) is 6.56. The number of para-hydroxylation sites is 1. The second-order valence-electron chi connectivity index (χ2n) is 7.79. The third-order valence-electron chi connectivity index (χ3n) is 5.42. The Balaban J connectivity index is 1.38. The van der Waals surface area contributed by atoms with Crippen LogP contribution in [0.5, 0.6) is 0 Å². The van der Waals surface area contributed by atoms with Crippen LogP contribution in [-0.2, 0) is 6.54 Å². The van der Waals surface area contributed by atoms with E-state index in [0.29, 0.717) is 34.4 Å². The maximum Gasteiger partial charge on any atom is 0.131 e. The second-order valence-corrected chi connectivity index (χ2v) is 7.79. The lowest BCUT2D eigenvalue weighted by molar-refractivity contribution is 0.628. The Morgan fingerprint density at radius 1 is 0.848 bits per heavy atom. The fraction of sp³-hybridized carbons (Fsp3) is 0.0741. The summed E-state index contributed by atoms with van der Waals surface area (Å²) < 4.78 is 28.4. The molecular weight excluding hydrogens is 418 g/mol. The minimum Gasteiger partial charge on any atom is -0.379 e. The molecule has 0 aliphatic rings. The summed E-state index contributed by atoms with van der Waals surface area (Å²) in [7, 11) is 0. The van der Waals surface area contributed by atoms with E-state index in [1.54, 1.807) is 36.7 Å². The van der Waals surface area contributed by atoms with Gasteiger partial charge in [0.1, 0.15) is 17.2 Å². The van der Waals surface area contributed by atoms with E-state index in [1.807, 2.05) is 37.3 Å². The fourth-order valence-corrected chi connectivity index (χ4v) is 3.78. The molecule has 0 saturated carbocycles. The van der Waals surface area contributed by atoms with E-state index >= 15 is 0 Å². The highest BCUT2D eigenvalue weighted by molar-refractivity contribution is 5.88. The fourth-order valence-electron chi connectivity index (χ4n) is 3.78. The van der Waals surface area contributed by atoms with Gasteiger partial charge in [0.15, 0.2) is 0 Å². The molecule has 3 aromatic carbocycles. The highest BCUT2D eigenvalue weighted by Gasteiger charge is 2.09. The number of fused-ring (bicyclic) bond motifs is 1. The molecule has 0 saturated heterocycles. The molecule has 6 heteroatoms. The van der Waals surface area contributed by atoms with E-state index in [4.69, 9.17) is 0 Å². The molecule has 4 nitrogen and oxygen atoms in total. The van der Waals surface area contributed by atoms with Crippen LogP contribution >= 0.6 is 0 Å². The number of halogens is 2. The first kappa shape index (κ1) is 20.7. The molecule has 0 atom stereocenters. The highest BCUT2D eigenvalue weighted by atomic mass is 19.1. The van der Waals surface area contributed by atoms with Crippen molar-refractivity contribution in [2.75, 3.05) is 5.32 Å². The number of aryl methyl sites for hydroxylation is 1. The van der Waals surface area contributed by atoms with Crippen molar-refractivity contribution in [1.82, 2.24) is 15.0 Å². The molecule has 0 radical (unpaired) electrons. The van der Waals surface area contributed by atoms with Crippen LogP contribution in [0.15, 0.2) is 85.2 Å². The third-order valence-corrected chi connectivity index (χ3v) is 5.42. The molecular formula is C27H20F2N4. The number of hydrogen-bond donors (Lipinski definition) is 1. The monoisotopic (exact) mass is 438 g/mol. The van der Waals surface area contributed by atoms with Crippen LogP contribution in [0.3, 0.4) is 0 Å². The molecule has 0 amide bonds. The maximum atomic E-state index is 14.8. The molecule has 0 aliphatic carbocycles. The summed E-state index contributed by atoms with van der Waals surface area (Å²) in [5, 5.41) is 3.33. The van der Waals surface area contributed by atoms with Crippen molar-refractivity contribution in [2.45, 2.75) is 13.5 Å². The number of aromatic nitrogens is 3. The topological polar surface area (TPSA) is 50.7 Å². The molecule has 2 heterocycles. The van der Waals surface area contributed by atoms with Gasteiger partial charge in [0, 0.05) is 29.6 Å². The molecule has 2 aromatic heterocycles. The van der Waals surface area contributed by atoms with Crippen LogP contribution in [-0.4, -0.2) is 15.0 Å². The highest BCUT2D eigenvalue weighted by Crippen LogP contribution is 2.26. The normalized spacial score (nSPS) is 11.0. The van der Waals surface area contributed by atoms with E-state index in [2.05, 4.69) is 20.3 Å². The lowest BCUT2D eigenvalue weighted by atomic mass is 10.0. The average molecular weight is 438 g/mol. The Bertz CT molecular complexity index is 1470. The summed E-state index contributed by atoms with van der Waals surface area (Å²) in [5.74, 6) is -0.598. The van der Waals surface area contributed by atoms with Gasteiger partial charge in [0.05, 0.1) is 23.1 Å². The number of nitrogens with one attached hydrogen (secondary N) is 1. The lowest BCUT2D eigenvalue weighted by Crippen LogP contribution is -2.02. The molecule has 0 bridgehead atoms. The zero-order valence-electron chi connectivity index (χ0n) is 17.9. The molecule has 1 N–H and O–H groups in total. The predicted molar refractivity (Wildman–Crippen MR) is 127 cm³/mol. The van der Waals surface area contributed by atoms with Gasteiger partial charge < -0.3 is 5.32 Å². The average Bonchev–Trinajstić information content (AvgIpc) is 2.82. The van der Waals surface area contributed by atoms with Gasteiger partial charge in [-0.25, -0.2) is 13.8 Å². The minimum absolute atomic E-state index is 0.280. The molecule has 33 heavy (non-hydrogen) atoms. The Hall–Kier alpha value is -4.19. The zero-order valence-corrected chi connectivity index (χ0v) is 17.9. The largest absolute Gasteiger partial charge is 0.379 e. The number of pyridine rings is 1. The van der Waals surface area contributed by atoms with Crippen LogP contribution in [0.2, 0.25) is 0 Å². The smallest absolute Gasteiger partial charge is 0.131 e. The van der Waals surface area contributed by atoms with Gasteiger partial charge in [0.2, 0.25) is 0 Å². The van der Waals surface area contributed by atoms with Crippen molar-refractivity contribution in [3.8, 4) is 22.4 Å². The number of benzene rings is 3. The van der Waals surface area contributed by atoms with Crippen LogP contribution < -0.4 is 5.32 Å². The summed E-state index contributed by atoms with van der Waals surface area (Å²) in [4.78, 5) is 13.4. The van der Waals surface area contributed by atoms with E-state index in [-0.39, 0.29) is 11.6 Å². The van der Waals surface area contributed by atoms with Crippen molar-refractivity contribution in [3.63, 3.8) is 0 Å². The first-order valence-electron chi connectivity index (χ1n) is 10.5. The van der Waals surface area contributed by atoms with Gasteiger partial charge in [-0.1, -0.05) is 30.3 Å². The second kappa shape index (κ2) is 8.74. The van der Waals surface area contributed by atoms with Crippen LogP contribution in [0.25, 0.3) is 33.4 Å². The molecule has 5 aromatic rings. The van der Waals surface area contributed by atoms with Crippen molar-refractivity contribution >= 4 is 16.7 Å². The third kappa shape index (κ3) is 4.41. The van der Waals surface area contributed by atoms with Crippen LogP contribution in [0.4, 0.5) is 14.5 Å². The van der Waals surface area contributed by atoms with Gasteiger partial charge in [-0.2, -0.15) is 0 Å². The minimum atomic E-state index is -0.317. The quantitative estimate of drug-likeness (QED) is 0.338. The number of rotatable bonds is 5. The summed E-state index contributed by atoms with van der Waals surface area (Å²) >= 11 is 0. The van der Waals surface area contributed by atoms with E-state index in [1.165, 1.54) is 18.2 Å². The molecule has 0 unspecified atom stereocenters. The SMILES string of the molecule is Cc1cc(-c2ccc(CNc3cccc4nc(-c5cccc(F)c5)cnc34)cc2F)ccn1. The van der Waals surface area contributed by atoms with E-state index < -0.39 is 0 Å². The van der Waals surface area contributed by atoms with Gasteiger partial charge in [-0.05, 0) is 60.5 Å². The maximum absolute atomic E-state index is 14.8. The Morgan fingerprint density at radius 3 is 2.55 bits per heavy atom. The van der Waals surface area contributed by atoms with Crippen molar-refractivity contribution in [1.29, 1.82) is 0 Å². The van der Waals surface area contributed by atoms with Crippen molar-refractivity contribution in [2.24, 2.45) is 0 Å². The van der Waals surface area contributed by atoms with Crippen molar-refractivity contribution < 1.29 is 8.78 Å². The summed E-state index contributed by atoms with van der Waals surface area (Å²) in [5.41, 5.74) is 6.45. The Labute approximate surface area is 190 Å². The number of anilines is 1. The first-order chi connectivity index (χ1) is 16.1. The van der Waals surface area contributed by atoms with E-state index in [0.717, 1.165) is 22.5 Å². The number of hydrogen-bond acceptors (Lipinski definition) is 4. The molecule has 162 valence electrons. The van der Waals surface area contributed by atoms with Gasteiger partial charge >= 0.3 is 0 Å². The summed E-state index contributed by atoms with van der Waals surface area (Å²) in [6.07, 6.45) is 3.31. The Morgan fingerprint density at radius 2 is 1.73 bits per heavy atom. The zero-order chi connectivity index (χ0) is 22.8. The molecule has 5 rings (SSSR count). The molecule has 0 aliphatic heterocycles. The summed E-state index contributed by atoms with van der Waals surface area (Å²) in [6, 6.07) is 20.8. The van der Waals surface area contributed by atoms with Gasteiger partial charge in [-0.3, -0.25) is 9.97 Å². The summed E-state index contributed by atoms with van der Waals surface area (Å²) in [6.45, 7) is 2.31. The number of nitrogens with zero attached hydrogens (tertiary/aromatic N) is 3. The lowest BCUT2D eigenvalue weighted by Gasteiger charge is -2.11. The van der Waals surface area contributed by atoms with Crippen LogP contribution in [0.1, 0.15) is 11.3 Å². The van der Waals surface area contributed by atoms with Gasteiger partial charge in [0.25, 0.3) is 0 Å². The van der Waals surface area contributed by atoms with Gasteiger partial charge in [-0.15, -0.1) is 0 Å². The Kier molecular flexibility index (Phi) is 5.48. The first-order valence-corrected chi connectivity index (χ1v) is 10.5. The van der Waals surface area contributed by atoms with E-state index in [9.17, 15) is 8.78 Å².